The molecule has 1 N–H and O–H groups in total. The summed E-state index contributed by atoms with van der Waals surface area (Å²) in [6.07, 6.45) is -0.984. The topological polar surface area (TPSA) is 63.6 Å². The van der Waals surface area contributed by atoms with Crippen LogP contribution in [0.1, 0.15) is 5.56 Å². The Bertz CT molecular complexity index is 427. The highest BCUT2D eigenvalue weighted by atomic mass is 35.5. The van der Waals surface area contributed by atoms with E-state index in [1.807, 2.05) is 6.92 Å². The molecule has 1 aromatic rings. The van der Waals surface area contributed by atoms with Crippen LogP contribution >= 0.6 is 11.6 Å². The van der Waals surface area contributed by atoms with Crippen molar-refractivity contribution in [1.82, 2.24) is 0 Å². The quantitative estimate of drug-likeness (QED) is 0.643. The number of hydrogen-bond donors (Lipinski definition) is 1. The van der Waals surface area contributed by atoms with Crippen molar-refractivity contribution in [3.05, 3.63) is 29.8 Å². The number of aliphatic hydroxyl groups excluding tert-OH is 1. The van der Waals surface area contributed by atoms with E-state index in [0.717, 1.165) is 5.56 Å². The molecule has 0 bridgehead atoms. The summed E-state index contributed by atoms with van der Waals surface area (Å²) in [6.45, 7) is 1.52. The number of benzene rings is 1. The highest BCUT2D eigenvalue weighted by Gasteiger charge is 2.16. The summed E-state index contributed by atoms with van der Waals surface area (Å²) >= 11 is 5.32. The fraction of sp³-hybridized carbons (Fsp3) is 0.400. The van der Waals surface area contributed by atoms with Gasteiger partial charge < -0.3 is 5.11 Å². The van der Waals surface area contributed by atoms with Crippen molar-refractivity contribution in [2.24, 2.45) is 0 Å². The Labute approximate surface area is 99.9 Å². The van der Waals surface area contributed by atoms with Gasteiger partial charge in [-0.25, -0.2) is 0 Å². The lowest BCUT2D eigenvalue weighted by atomic mass is 10.2. The van der Waals surface area contributed by atoms with Gasteiger partial charge >= 0.3 is 0 Å². The number of aryl methyl sites for hydroxylation is 1. The van der Waals surface area contributed by atoms with Crippen molar-refractivity contribution in [1.29, 1.82) is 0 Å². The summed E-state index contributed by atoms with van der Waals surface area (Å²) in [6, 6.07) is 6.26. The van der Waals surface area contributed by atoms with E-state index < -0.39 is 16.2 Å². The molecule has 0 unspecified atom stereocenters. The summed E-state index contributed by atoms with van der Waals surface area (Å²) in [5.41, 5.74) is 0.958. The van der Waals surface area contributed by atoms with Gasteiger partial charge in [0.1, 0.15) is 0 Å². The Morgan fingerprint density at radius 3 is 2.44 bits per heavy atom. The minimum absolute atomic E-state index is 0.0661. The van der Waals surface area contributed by atoms with Crippen molar-refractivity contribution in [3.63, 3.8) is 0 Å². The van der Waals surface area contributed by atoms with Crippen molar-refractivity contribution in [2.45, 2.75) is 17.9 Å². The first-order chi connectivity index (χ1) is 7.45. The molecular weight excluding hydrogens is 252 g/mol. The van der Waals surface area contributed by atoms with E-state index in [4.69, 9.17) is 16.7 Å². The second-order valence-electron chi connectivity index (χ2n) is 3.36. The third-order valence-corrected chi connectivity index (χ3v) is 3.56. The zero-order valence-corrected chi connectivity index (χ0v) is 10.3. The first kappa shape index (κ1) is 13.4. The SMILES string of the molecule is Cc1ccc(S(=O)(=O)OC[C@@H](O)CCl)cc1. The average molecular weight is 265 g/mol. The monoisotopic (exact) mass is 264 g/mol. The Morgan fingerprint density at radius 2 is 1.94 bits per heavy atom. The lowest BCUT2D eigenvalue weighted by Gasteiger charge is -2.08. The molecule has 0 amide bonds. The highest BCUT2D eigenvalue weighted by Crippen LogP contribution is 2.13. The van der Waals surface area contributed by atoms with Crippen LogP contribution in [-0.4, -0.2) is 32.1 Å². The molecular formula is C10H13ClO4S. The van der Waals surface area contributed by atoms with E-state index in [1.54, 1.807) is 12.1 Å². The Hall–Kier alpha value is -0.620. The third-order valence-electron chi connectivity index (χ3n) is 1.90. The molecule has 0 fully saturated rings. The number of hydrogen-bond acceptors (Lipinski definition) is 4. The predicted molar refractivity (Wildman–Crippen MR) is 61.0 cm³/mol. The van der Waals surface area contributed by atoms with Gasteiger partial charge in [-0.15, -0.1) is 11.6 Å². The van der Waals surface area contributed by atoms with Crippen LogP contribution in [0.2, 0.25) is 0 Å². The van der Waals surface area contributed by atoms with Crippen molar-refractivity contribution in [3.8, 4) is 0 Å². The number of rotatable bonds is 5. The molecule has 90 valence electrons. The van der Waals surface area contributed by atoms with Crippen LogP contribution in [0.5, 0.6) is 0 Å². The largest absolute Gasteiger partial charge is 0.389 e. The highest BCUT2D eigenvalue weighted by molar-refractivity contribution is 7.86. The van der Waals surface area contributed by atoms with Crippen LogP contribution in [0.25, 0.3) is 0 Å². The minimum atomic E-state index is -3.80. The van der Waals surface area contributed by atoms with Gasteiger partial charge in [0.15, 0.2) is 0 Å². The lowest BCUT2D eigenvalue weighted by Crippen LogP contribution is -2.20. The molecule has 0 saturated heterocycles. The van der Waals surface area contributed by atoms with Gasteiger partial charge in [-0.1, -0.05) is 17.7 Å². The summed E-state index contributed by atoms with van der Waals surface area (Å²) in [5, 5.41) is 9.09. The van der Waals surface area contributed by atoms with Gasteiger partial charge in [0.2, 0.25) is 0 Å². The summed E-state index contributed by atoms with van der Waals surface area (Å²) in [5.74, 6) is -0.0661. The maximum atomic E-state index is 11.6. The number of aliphatic hydroxyl groups is 1. The Morgan fingerprint density at radius 1 is 1.38 bits per heavy atom. The minimum Gasteiger partial charge on any atom is -0.389 e. The van der Waals surface area contributed by atoms with E-state index in [-0.39, 0.29) is 17.4 Å². The van der Waals surface area contributed by atoms with Crippen LogP contribution in [0.15, 0.2) is 29.2 Å². The molecule has 0 radical (unpaired) electrons. The maximum Gasteiger partial charge on any atom is 0.297 e. The van der Waals surface area contributed by atoms with Gasteiger partial charge in [-0.05, 0) is 19.1 Å². The molecule has 16 heavy (non-hydrogen) atoms. The van der Waals surface area contributed by atoms with Gasteiger partial charge in [0.05, 0.1) is 23.5 Å². The molecule has 6 heteroatoms. The van der Waals surface area contributed by atoms with Crippen LogP contribution in [0.4, 0.5) is 0 Å². The molecule has 1 atom stereocenters. The lowest BCUT2D eigenvalue weighted by molar-refractivity contribution is 0.128. The smallest absolute Gasteiger partial charge is 0.297 e. The van der Waals surface area contributed by atoms with Crippen LogP contribution in [0, 0.1) is 6.92 Å². The molecule has 0 saturated carbocycles. The molecule has 0 aliphatic carbocycles. The zero-order valence-electron chi connectivity index (χ0n) is 8.76. The van der Waals surface area contributed by atoms with Crippen molar-refractivity contribution >= 4 is 21.7 Å². The molecule has 1 aromatic carbocycles. The van der Waals surface area contributed by atoms with Gasteiger partial charge in [-0.3, -0.25) is 4.18 Å². The average Bonchev–Trinajstić information content (AvgIpc) is 2.26. The van der Waals surface area contributed by atoms with Gasteiger partial charge in [-0.2, -0.15) is 8.42 Å². The molecule has 0 heterocycles. The summed E-state index contributed by atoms with van der Waals surface area (Å²) < 4.78 is 27.8. The molecule has 0 spiro atoms. The number of alkyl halides is 1. The van der Waals surface area contributed by atoms with Crippen molar-refractivity contribution < 1.29 is 17.7 Å². The fourth-order valence-corrected chi connectivity index (χ4v) is 2.02. The van der Waals surface area contributed by atoms with Crippen molar-refractivity contribution in [2.75, 3.05) is 12.5 Å². The van der Waals surface area contributed by atoms with Gasteiger partial charge in [0.25, 0.3) is 10.1 Å². The predicted octanol–water partition coefficient (Wildman–Crippen LogP) is 1.30. The Kier molecular flexibility index (Phi) is 4.73. The van der Waals surface area contributed by atoms with Crippen LogP contribution < -0.4 is 0 Å². The second kappa shape index (κ2) is 5.63. The van der Waals surface area contributed by atoms with Gasteiger partial charge in [0, 0.05) is 0 Å². The number of halogens is 1. The summed E-state index contributed by atoms with van der Waals surface area (Å²) in [7, 11) is -3.80. The maximum absolute atomic E-state index is 11.6. The molecule has 4 nitrogen and oxygen atoms in total. The molecule has 0 aliphatic rings. The summed E-state index contributed by atoms with van der Waals surface area (Å²) in [4.78, 5) is 0.0693. The third kappa shape index (κ3) is 3.75. The first-order valence-electron chi connectivity index (χ1n) is 4.66. The first-order valence-corrected chi connectivity index (χ1v) is 6.60. The standard InChI is InChI=1S/C10H13ClO4S/c1-8-2-4-10(5-3-8)16(13,14)15-7-9(12)6-11/h2-5,9,12H,6-7H2,1H3/t9-/m0/s1. The molecule has 0 aliphatic heterocycles. The zero-order chi connectivity index (χ0) is 12.2. The van der Waals surface area contributed by atoms with E-state index >= 15 is 0 Å². The Balaban J connectivity index is 2.74. The fourth-order valence-electron chi connectivity index (χ4n) is 0.986. The molecule has 0 aromatic heterocycles. The molecule has 1 rings (SSSR count). The van der Waals surface area contributed by atoms with E-state index in [2.05, 4.69) is 4.18 Å². The van der Waals surface area contributed by atoms with E-state index in [9.17, 15) is 8.42 Å². The normalized spacial score (nSPS) is 13.7. The van der Waals surface area contributed by atoms with Crippen LogP contribution in [0.3, 0.4) is 0 Å². The van der Waals surface area contributed by atoms with Crippen LogP contribution in [-0.2, 0) is 14.3 Å². The van der Waals surface area contributed by atoms with E-state index in [1.165, 1.54) is 12.1 Å². The second-order valence-corrected chi connectivity index (χ2v) is 5.28. The van der Waals surface area contributed by atoms with E-state index in [0.29, 0.717) is 0 Å².